The highest BCUT2D eigenvalue weighted by Gasteiger charge is 2.14. The number of amides is 1. The molecule has 2 aromatic carbocycles. The van der Waals surface area contributed by atoms with Gasteiger partial charge in [0.15, 0.2) is 6.61 Å². The van der Waals surface area contributed by atoms with Gasteiger partial charge in [-0.3, -0.25) is 4.79 Å². The predicted molar refractivity (Wildman–Crippen MR) is 97.9 cm³/mol. The molecule has 0 aliphatic rings. The second-order valence-corrected chi connectivity index (χ2v) is 6.78. The van der Waals surface area contributed by atoms with Crippen LogP contribution in [0, 0.1) is 0 Å². The van der Waals surface area contributed by atoms with Crippen molar-refractivity contribution >= 4 is 45.0 Å². The number of hydrogen-bond donors (Lipinski definition) is 1. The number of ether oxygens (including phenoxy) is 1. The number of esters is 1. The Kier molecular flexibility index (Phi) is 5.31. The fourth-order valence-corrected chi connectivity index (χ4v) is 3.25. The van der Waals surface area contributed by atoms with Gasteiger partial charge in [-0.15, -0.1) is 11.3 Å². The van der Waals surface area contributed by atoms with E-state index in [-0.39, 0.29) is 18.6 Å². The number of nitrogens with zero attached hydrogens (tertiary/aromatic N) is 1. The minimum atomic E-state index is -0.541. The third kappa shape index (κ3) is 4.35. The van der Waals surface area contributed by atoms with E-state index in [4.69, 9.17) is 16.3 Å². The number of nitrogens with one attached hydrogen (secondary N) is 1. The zero-order valence-electron chi connectivity index (χ0n) is 13.4. The van der Waals surface area contributed by atoms with E-state index in [1.807, 2.05) is 19.1 Å². The van der Waals surface area contributed by atoms with Gasteiger partial charge in [-0.2, -0.15) is 0 Å². The van der Waals surface area contributed by atoms with Gasteiger partial charge in [-0.05, 0) is 42.8 Å². The molecule has 7 heteroatoms. The minimum Gasteiger partial charge on any atom is -0.452 e. The Bertz CT molecular complexity index is 925. The molecule has 0 radical (unpaired) electrons. The van der Waals surface area contributed by atoms with E-state index >= 15 is 0 Å². The number of carbonyl (C=O) groups excluding carboxylic acids is 2. The SMILES string of the molecule is C[C@H](NC(=O)COC(=O)c1ccc2ncsc2c1)c1cccc(Cl)c1. The van der Waals surface area contributed by atoms with Gasteiger partial charge in [0.1, 0.15) is 0 Å². The van der Waals surface area contributed by atoms with E-state index in [1.165, 1.54) is 11.3 Å². The molecular formula is C18H15ClN2O3S. The quantitative estimate of drug-likeness (QED) is 0.686. The summed E-state index contributed by atoms with van der Waals surface area (Å²) >= 11 is 7.39. The fourth-order valence-electron chi connectivity index (χ4n) is 2.34. The van der Waals surface area contributed by atoms with Crippen LogP contribution in [-0.4, -0.2) is 23.5 Å². The maximum atomic E-state index is 12.1. The number of hydrogen-bond acceptors (Lipinski definition) is 5. The number of aromatic nitrogens is 1. The van der Waals surface area contributed by atoms with Crippen LogP contribution in [0.25, 0.3) is 10.2 Å². The van der Waals surface area contributed by atoms with E-state index in [9.17, 15) is 9.59 Å². The molecule has 128 valence electrons. The molecule has 0 saturated heterocycles. The van der Waals surface area contributed by atoms with Crippen molar-refractivity contribution in [2.75, 3.05) is 6.61 Å². The van der Waals surface area contributed by atoms with E-state index in [2.05, 4.69) is 10.3 Å². The monoisotopic (exact) mass is 374 g/mol. The fraction of sp³-hybridized carbons (Fsp3) is 0.167. The van der Waals surface area contributed by atoms with Crippen LogP contribution in [0.1, 0.15) is 28.9 Å². The van der Waals surface area contributed by atoms with Crippen molar-refractivity contribution < 1.29 is 14.3 Å². The van der Waals surface area contributed by atoms with E-state index in [0.29, 0.717) is 10.6 Å². The molecule has 0 spiro atoms. The standard InChI is InChI=1S/C18H15ClN2O3S/c1-11(12-3-2-4-14(19)7-12)21-17(22)9-24-18(23)13-5-6-15-16(8-13)25-10-20-15/h2-8,10-11H,9H2,1H3,(H,21,22)/t11-/m0/s1. The summed E-state index contributed by atoms with van der Waals surface area (Å²) < 4.78 is 5.98. The smallest absolute Gasteiger partial charge is 0.338 e. The van der Waals surface area contributed by atoms with Gasteiger partial charge in [0.2, 0.25) is 0 Å². The molecule has 0 aliphatic carbocycles. The first kappa shape index (κ1) is 17.4. The molecule has 1 N–H and O–H groups in total. The highest BCUT2D eigenvalue weighted by Crippen LogP contribution is 2.20. The van der Waals surface area contributed by atoms with Gasteiger partial charge in [-0.1, -0.05) is 23.7 Å². The second kappa shape index (κ2) is 7.63. The Labute approximate surface area is 153 Å². The summed E-state index contributed by atoms with van der Waals surface area (Å²) in [5, 5.41) is 3.37. The summed E-state index contributed by atoms with van der Waals surface area (Å²) in [5.74, 6) is -0.916. The molecule has 3 rings (SSSR count). The van der Waals surface area contributed by atoms with Crippen LogP contribution in [0.3, 0.4) is 0 Å². The molecule has 0 aliphatic heterocycles. The molecular weight excluding hydrogens is 360 g/mol. The van der Waals surface area contributed by atoms with Crippen LogP contribution in [0.4, 0.5) is 0 Å². The number of benzene rings is 2. The summed E-state index contributed by atoms with van der Waals surface area (Å²) in [6.07, 6.45) is 0. The predicted octanol–water partition coefficient (Wildman–Crippen LogP) is 3.98. The maximum absolute atomic E-state index is 12.1. The average molecular weight is 375 g/mol. The molecule has 25 heavy (non-hydrogen) atoms. The maximum Gasteiger partial charge on any atom is 0.338 e. The Morgan fingerprint density at radius 3 is 2.92 bits per heavy atom. The molecule has 0 unspecified atom stereocenters. The van der Waals surface area contributed by atoms with Crippen molar-refractivity contribution in [2.45, 2.75) is 13.0 Å². The van der Waals surface area contributed by atoms with Crippen LogP contribution in [-0.2, 0) is 9.53 Å². The third-order valence-corrected chi connectivity index (χ3v) is 4.65. The molecule has 5 nitrogen and oxygen atoms in total. The molecule has 0 saturated carbocycles. The lowest BCUT2D eigenvalue weighted by Gasteiger charge is -2.14. The zero-order chi connectivity index (χ0) is 17.8. The minimum absolute atomic E-state index is 0.238. The third-order valence-electron chi connectivity index (χ3n) is 3.63. The van der Waals surface area contributed by atoms with Crippen LogP contribution in [0.15, 0.2) is 48.0 Å². The van der Waals surface area contributed by atoms with Gasteiger partial charge in [0.05, 0.1) is 27.3 Å². The summed E-state index contributed by atoms with van der Waals surface area (Å²) in [6, 6.07) is 12.1. The highest BCUT2D eigenvalue weighted by atomic mass is 35.5. The number of carbonyl (C=O) groups is 2. The lowest BCUT2D eigenvalue weighted by molar-refractivity contribution is -0.124. The van der Waals surface area contributed by atoms with Gasteiger partial charge < -0.3 is 10.1 Å². The first-order valence-corrected chi connectivity index (χ1v) is 8.84. The summed E-state index contributed by atoms with van der Waals surface area (Å²) in [4.78, 5) is 28.2. The Morgan fingerprint density at radius 1 is 1.28 bits per heavy atom. The van der Waals surface area contributed by atoms with E-state index < -0.39 is 5.97 Å². The van der Waals surface area contributed by atoms with Crippen LogP contribution < -0.4 is 5.32 Å². The molecule has 1 heterocycles. The summed E-state index contributed by atoms with van der Waals surface area (Å²) in [6.45, 7) is 1.49. The lowest BCUT2D eigenvalue weighted by atomic mass is 10.1. The zero-order valence-corrected chi connectivity index (χ0v) is 14.9. The van der Waals surface area contributed by atoms with Crippen LogP contribution >= 0.6 is 22.9 Å². The van der Waals surface area contributed by atoms with Crippen LogP contribution in [0.2, 0.25) is 5.02 Å². The number of halogens is 1. The van der Waals surface area contributed by atoms with Crippen molar-refractivity contribution in [3.63, 3.8) is 0 Å². The number of thiazole rings is 1. The number of fused-ring (bicyclic) bond motifs is 1. The Hall–Kier alpha value is -2.44. The van der Waals surface area contributed by atoms with Gasteiger partial charge >= 0.3 is 5.97 Å². The normalized spacial score (nSPS) is 11.9. The molecule has 3 aromatic rings. The second-order valence-electron chi connectivity index (χ2n) is 5.46. The number of rotatable bonds is 5. The van der Waals surface area contributed by atoms with E-state index in [1.54, 1.807) is 35.8 Å². The van der Waals surface area contributed by atoms with Crippen molar-refractivity contribution in [2.24, 2.45) is 0 Å². The Morgan fingerprint density at radius 2 is 2.12 bits per heavy atom. The topological polar surface area (TPSA) is 68.3 Å². The van der Waals surface area contributed by atoms with Gasteiger partial charge in [0.25, 0.3) is 5.91 Å². The van der Waals surface area contributed by atoms with Crippen molar-refractivity contribution in [3.05, 3.63) is 64.1 Å². The lowest BCUT2D eigenvalue weighted by Crippen LogP contribution is -2.31. The molecule has 1 aromatic heterocycles. The van der Waals surface area contributed by atoms with Crippen molar-refractivity contribution in [1.29, 1.82) is 0 Å². The van der Waals surface area contributed by atoms with Crippen molar-refractivity contribution in [1.82, 2.24) is 10.3 Å². The van der Waals surface area contributed by atoms with Gasteiger partial charge in [0, 0.05) is 5.02 Å². The van der Waals surface area contributed by atoms with Gasteiger partial charge in [-0.25, -0.2) is 9.78 Å². The Balaban J connectivity index is 1.55. The van der Waals surface area contributed by atoms with E-state index in [0.717, 1.165) is 15.8 Å². The molecule has 1 amide bonds. The summed E-state index contributed by atoms with van der Waals surface area (Å²) in [5.41, 5.74) is 3.81. The molecule has 0 fully saturated rings. The first-order chi connectivity index (χ1) is 12.0. The van der Waals surface area contributed by atoms with Crippen LogP contribution in [0.5, 0.6) is 0 Å². The highest BCUT2D eigenvalue weighted by molar-refractivity contribution is 7.16. The largest absolute Gasteiger partial charge is 0.452 e. The first-order valence-electron chi connectivity index (χ1n) is 7.58. The molecule has 1 atom stereocenters. The summed E-state index contributed by atoms with van der Waals surface area (Å²) in [7, 11) is 0. The average Bonchev–Trinajstić information content (AvgIpc) is 3.07. The van der Waals surface area contributed by atoms with Crippen molar-refractivity contribution in [3.8, 4) is 0 Å². The molecule has 0 bridgehead atoms.